The van der Waals surface area contributed by atoms with Gasteiger partial charge in [-0.15, -0.1) is 0 Å². The summed E-state index contributed by atoms with van der Waals surface area (Å²) < 4.78 is 10.5. The van der Waals surface area contributed by atoms with Crippen molar-refractivity contribution in [3.8, 4) is 5.75 Å². The van der Waals surface area contributed by atoms with Crippen LogP contribution >= 0.6 is 0 Å². The number of ether oxygens (including phenoxy) is 2. The van der Waals surface area contributed by atoms with Crippen LogP contribution in [0.3, 0.4) is 0 Å². The van der Waals surface area contributed by atoms with Crippen LogP contribution in [0.15, 0.2) is 42.5 Å². The van der Waals surface area contributed by atoms with Gasteiger partial charge in [0.05, 0.1) is 6.61 Å². The molecule has 23 heavy (non-hydrogen) atoms. The van der Waals surface area contributed by atoms with Gasteiger partial charge in [-0.25, -0.2) is 0 Å². The summed E-state index contributed by atoms with van der Waals surface area (Å²) in [5.41, 5.74) is 0. The van der Waals surface area contributed by atoms with E-state index in [1.54, 1.807) is 6.07 Å². The minimum atomic E-state index is -0.331. The molecule has 4 heteroatoms. The Morgan fingerprint density at radius 2 is 1.65 bits per heavy atom. The molecule has 2 aromatic carbocycles. The molecule has 4 nitrogen and oxygen atoms in total. The third-order valence-electron chi connectivity index (χ3n) is 3.50. The van der Waals surface area contributed by atoms with Crippen molar-refractivity contribution >= 4 is 22.7 Å². The maximum absolute atomic E-state index is 11.9. The third kappa shape index (κ3) is 5.40. The van der Waals surface area contributed by atoms with Crippen molar-refractivity contribution in [3.05, 3.63) is 42.5 Å². The predicted octanol–water partition coefficient (Wildman–Crippen LogP) is 4.26. The lowest BCUT2D eigenvalue weighted by molar-refractivity contribution is -0.144. The topological polar surface area (TPSA) is 52.6 Å². The lowest BCUT2D eigenvalue weighted by Gasteiger charge is -2.08. The number of benzene rings is 2. The van der Waals surface area contributed by atoms with Crippen molar-refractivity contribution in [2.24, 2.45) is 0 Å². The molecule has 0 amide bonds. The number of hydrogen-bond acceptors (Lipinski definition) is 4. The monoisotopic (exact) mass is 314 g/mol. The summed E-state index contributed by atoms with van der Waals surface area (Å²) in [6, 6.07) is 13.3. The van der Waals surface area contributed by atoms with E-state index in [1.807, 2.05) is 43.3 Å². The molecular formula is C19H22O4. The summed E-state index contributed by atoms with van der Waals surface area (Å²) >= 11 is 0. The molecule has 0 fully saturated rings. The molecule has 0 saturated heterocycles. The molecule has 2 rings (SSSR count). The third-order valence-corrected chi connectivity index (χ3v) is 3.50. The van der Waals surface area contributed by atoms with Crippen LogP contribution in [-0.2, 0) is 14.3 Å². The van der Waals surface area contributed by atoms with Crippen molar-refractivity contribution in [1.29, 1.82) is 0 Å². The molecule has 0 heterocycles. The Morgan fingerprint density at radius 1 is 0.913 bits per heavy atom. The minimum absolute atomic E-state index is 0.200. The molecule has 0 aliphatic carbocycles. The zero-order valence-electron chi connectivity index (χ0n) is 13.4. The lowest BCUT2D eigenvalue weighted by Crippen LogP contribution is -2.10. The van der Waals surface area contributed by atoms with Gasteiger partial charge in [-0.05, 0) is 24.3 Å². The number of unbranched alkanes of at least 4 members (excludes halogenated alkanes) is 1. The fourth-order valence-electron chi connectivity index (χ4n) is 2.24. The summed E-state index contributed by atoms with van der Waals surface area (Å²) in [6.07, 6.45) is 2.74. The molecule has 0 N–H and O–H groups in total. The molecule has 0 aromatic heterocycles. The van der Waals surface area contributed by atoms with Crippen LogP contribution in [0.4, 0.5) is 0 Å². The van der Waals surface area contributed by atoms with Gasteiger partial charge in [-0.2, -0.15) is 0 Å². The van der Waals surface area contributed by atoms with E-state index in [2.05, 4.69) is 0 Å². The molecule has 0 atom stereocenters. The Bertz CT molecular complexity index is 658. The molecule has 0 aliphatic rings. The predicted molar refractivity (Wildman–Crippen MR) is 89.3 cm³/mol. The number of hydrogen-bond donors (Lipinski definition) is 0. The van der Waals surface area contributed by atoms with Crippen molar-refractivity contribution < 1.29 is 19.1 Å². The highest BCUT2D eigenvalue weighted by molar-refractivity contribution is 5.90. The molecule has 2 aromatic rings. The van der Waals surface area contributed by atoms with E-state index in [4.69, 9.17) is 9.47 Å². The second-order valence-corrected chi connectivity index (χ2v) is 5.38. The van der Waals surface area contributed by atoms with E-state index in [0.717, 1.165) is 23.6 Å². The van der Waals surface area contributed by atoms with E-state index in [0.29, 0.717) is 18.8 Å². The summed E-state index contributed by atoms with van der Waals surface area (Å²) in [7, 11) is 0. The standard InChI is InChI=1S/C19H22O4/c1-2-3-14-22-18(20)12-7-13-19(21)23-17-11-6-9-15-8-4-5-10-16(15)17/h4-6,8-11H,2-3,7,12-14H2,1H3. The van der Waals surface area contributed by atoms with Gasteiger partial charge in [0.1, 0.15) is 5.75 Å². The summed E-state index contributed by atoms with van der Waals surface area (Å²) in [5.74, 6) is -0.0299. The number of fused-ring (bicyclic) bond motifs is 1. The van der Waals surface area contributed by atoms with Crippen LogP contribution in [0.5, 0.6) is 5.75 Å². The maximum Gasteiger partial charge on any atom is 0.311 e. The van der Waals surface area contributed by atoms with Gasteiger partial charge >= 0.3 is 11.9 Å². The number of esters is 2. The van der Waals surface area contributed by atoms with E-state index >= 15 is 0 Å². The highest BCUT2D eigenvalue weighted by atomic mass is 16.5. The first-order chi connectivity index (χ1) is 11.2. The van der Waals surface area contributed by atoms with E-state index < -0.39 is 0 Å². The fraction of sp³-hybridized carbons (Fsp3) is 0.368. The Kier molecular flexibility index (Phi) is 6.60. The summed E-state index contributed by atoms with van der Waals surface area (Å²) in [5, 5.41) is 1.93. The van der Waals surface area contributed by atoms with Crippen molar-refractivity contribution in [2.75, 3.05) is 6.61 Å². The van der Waals surface area contributed by atoms with E-state index in [-0.39, 0.29) is 24.8 Å². The van der Waals surface area contributed by atoms with Crippen LogP contribution in [0, 0.1) is 0 Å². The maximum atomic E-state index is 11.9. The smallest absolute Gasteiger partial charge is 0.311 e. The van der Waals surface area contributed by atoms with Crippen LogP contribution in [0.25, 0.3) is 10.8 Å². The first kappa shape index (κ1) is 17.0. The van der Waals surface area contributed by atoms with Crippen molar-refractivity contribution in [1.82, 2.24) is 0 Å². The molecule has 0 saturated carbocycles. The second kappa shape index (κ2) is 8.93. The Balaban J connectivity index is 1.79. The van der Waals surface area contributed by atoms with Gasteiger partial charge in [-0.1, -0.05) is 49.7 Å². The van der Waals surface area contributed by atoms with Crippen molar-refractivity contribution in [3.63, 3.8) is 0 Å². The quantitative estimate of drug-likeness (QED) is 0.415. The highest BCUT2D eigenvalue weighted by Gasteiger charge is 2.10. The summed E-state index contributed by atoms with van der Waals surface area (Å²) in [6.45, 7) is 2.49. The van der Waals surface area contributed by atoms with E-state index in [9.17, 15) is 9.59 Å². The SMILES string of the molecule is CCCCOC(=O)CCCC(=O)Oc1cccc2ccccc12. The minimum Gasteiger partial charge on any atom is -0.466 e. The highest BCUT2D eigenvalue weighted by Crippen LogP contribution is 2.25. The Labute approximate surface area is 136 Å². The normalized spacial score (nSPS) is 10.5. The van der Waals surface area contributed by atoms with Gasteiger partial charge in [0, 0.05) is 18.2 Å². The average Bonchev–Trinajstić information content (AvgIpc) is 2.55. The average molecular weight is 314 g/mol. The molecule has 0 aliphatic heterocycles. The first-order valence-corrected chi connectivity index (χ1v) is 8.04. The molecule has 0 unspecified atom stereocenters. The van der Waals surface area contributed by atoms with E-state index in [1.165, 1.54) is 0 Å². The second-order valence-electron chi connectivity index (χ2n) is 5.38. The molecule has 0 spiro atoms. The number of carbonyl (C=O) groups is 2. The van der Waals surface area contributed by atoms with Crippen LogP contribution in [0.1, 0.15) is 39.0 Å². The Hall–Kier alpha value is -2.36. The van der Waals surface area contributed by atoms with Gasteiger partial charge in [0.15, 0.2) is 0 Å². The lowest BCUT2D eigenvalue weighted by atomic mass is 10.1. The van der Waals surface area contributed by atoms with Crippen LogP contribution < -0.4 is 4.74 Å². The van der Waals surface area contributed by atoms with Gasteiger partial charge < -0.3 is 9.47 Å². The van der Waals surface area contributed by atoms with Gasteiger partial charge in [-0.3, -0.25) is 9.59 Å². The first-order valence-electron chi connectivity index (χ1n) is 8.04. The van der Waals surface area contributed by atoms with Gasteiger partial charge in [0.25, 0.3) is 0 Å². The molecule has 0 radical (unpaired) electrons. The largest absolute Gasteiger partial charge is 0.466 e. The van der Waals surface area contributed by atoms with Crippen LogP contribution in [-0.4, -0.2) is 18.5 Å². The van der Waals surface area contributed by atoms with Gasteiger partial charge in [0.2, 0.25) is 0 Å². The summed E-state index contributed by atoms with van der Waals surface area (Å²) in [4.78, 5) is 23.4. The fourth-order valence-corrected chi connectivity index (χ4v) is 2.24. The zero-order valence-corrected chi connectivity index (χ0v) is 13.4. The number of carbonyl (C=O) groups excluding carboxylic acids is 2. The van der Waals surface area contributed by atoms with Crippen LogP contribution in [0.2, 0.25) is 0 Å². The van der Waals surface area contributed by atoms with Crippen molar-refractivity contribution in [2.45, 2.75) is 39.0 Å². The Morgan fingerprint density at radius 3 is 2.48 bits per heavy atom. The molecular weight excluding hydrogens is 292 g/mol. The number of rotatable bonds is 8. The molecule has 122 valence electrons. The molecule has 0 bridgehead atoms. The zero-order chi connectivity index (χ0) is 16.5.